The van der Waals surface area contributed by atoms with Crippen molar-refractivity contribution < 1.29 is 18.7 Å². The molecule has 17 heavy (non-hydrogen) atoms. The molecule has 5 nitrogen and oxygen atoms in total. The molecule has 3 N–H and O–H groups in total. The lowest BCUT2D eigenvalue weighted by molar-refractivity contribution is -0.130. The van der Waals surface area contributed by atoms with Gasteiger partial charge >= 0.3 is 0 Å². The van der Waals surface area contributed by atoms with E-state index in [0.29, 0.717) is 0 Å². The van der Waals surface area contributed by atoms with Gasteiger partial charge < -0.3 is 9.47 Å². The molecule has 0 saturated heterocycles. The normalized spacial score (nSPS) is 12.0. The van der Waals surface area contributed by atoms with Crippen molar-refractivity contribution in [3.63, 3.8) is 0 Å². The molecule has 0 bridgehead atoms. The number of ether oxygens (including phenoxy) is 2. The number of halogens is 1. The SMILES string of the molecule is COCC(Oc1cc(F)ccc1C)C(=O)NN. The van der Waals surface area contributed by atoms with Crippen LogP contribution >= 0.6 is 0 Å². The molecule has 94 valence electrons. The highest BCUT2D eigenvalue weighted by atomic mass is 19.1. The number of amides is 1. The Kier molecular flexibility index (Phi) is 4.86. The van der Waals surface area contributed by atoms with E-state index in [1.54, 1.807) is 13.0 Å². The zero-order valence-electron chi connectivity index (χ0n) is 9.70. The third-order valence-corrected chi connectivity index (χ3v) is 2.17. The Balaban J connectivity index is 2.85. The first-order valence-corrected chi connectivity index (χ1v) is 5.00. The average Bonchev–Trinajstić information content (AvgIpc) is 2.32. The Morgan fingerprint density at radius 2 is 2.29 bits per heavy atom. The Labute approximate surface area is 98.7 Å². The van der Waals surface area contributed by atoms with Gasteiger partial charge in [0.05, 0.1) is 6.61 Å². The minimum absolute atomic E-state index is 0.0268. The van der Waals surface area contributed by atoms with Crippen molar-refractivity contribution in [2.24, 2.45) is 5.84 Å². The number of aryl methyl sites for hydroxylation is 1. The van der Waals surface area contributed by atoms with E-state index >= 15 is 0 Å². The predicted octanol–water partition coefficient (Wildman–Crippen LogP) is 0.518. The molecule has 1 unspecified atom stereocenters. The third-order valence-electron chi connectivity index (χ3n) is 2.17. The van der Waals surface area contributed by atoms with Crippen molar-refractivity contribution in [2.75, 3.05) is 13.7 Å². The van der Waals surface area contributed by atoms with Gasteiger partial charge in [-0.25, -0.2) is 10.2 Å². The number of carbonyl (C=O) groups excluding carboxylic acids is 1. The van der Waals surface area contributed by atoms with Crippen LogP contribution in [0.3, 0.4) is 0 Å². The molecule has 6 heteroatoms. The minimum atomic E-state index is -0.912. The lowest BCUT2D eigenvalue weighted by Crippen LogP contribution is -2.44. The molecule has 0 spiro atoms. The molecule has 0 radical (unpaired) electrons. The number of benzene rings is 1. The molecule has 0 fully saturated rings. The van der Waals surface area contributed by atoms with Crippen molar-refractivity contribution in [3.05, 3.63) is 29.6 Å². The molecule has 1 aromatic carbocycles. The Morgan fingerprint density at radius 3 is 2.88 bits per heavy atom. The van der Waals surface area contributed by atoms with Crippen molar-refractivity contribution in [2.45, 2.75) is 13.0 Å². The monoisotopic (exact) mass is 242 g/mol. The largest absolute Gasteiger partial charge is 0.478 e. The Bertz CT molecular complexity index is 398. The van der Waals surface area contributed by atoms with Crippen molar-refractivity contribution in [1.29, 1.82) is 0 Å². The number of nitrogens with two attached hydrogens (primary N) is 1. The van der Waals surface area contributed by atoms with Crippen LogP contribution in [0.1, 0.15) is 5.56 Å². The minimum Gasteiger partial charge on any atom is -0.478 e. The fourth-order valence-electron chi connectivity index (χ4n) is 1.26. The van der Waals surface area contributed by atoms with Crippen LogP contribution < -0.4 is 16.0 Å². The van der Waals surface area contributed by atoms with Gasteiger partial charge in [0.25, 0.3) is 5.91 Å². The number of methoxy groups -OCH3 is 1. The van der Waals surface area contributed by atoms with E-state index in [1.165, 1.54) is 19.2 Å². The van der Waals surface area contributed by atoms with Gasteiger partial charge in [0.2, 0.25) is 6.10 Å². The van der Waals surface area contributed by atoms with Gasteiger partial charge in [0.1, 0.15) is 11.6 Å². The van der Waals surface area contributed by atoms with Crippen LogP contribution in [0.25, 0.3) is 0 Å². The van der Waals surface area contributed by atoms with Gasteiger partial charge in [0.15, 0.2) is 0 Å². The Morgan fingerprint density at radius 1 is 1.59 bits per heavy atom. The Hall–Kier alpha value is -1.66. The highest BCUT2D eigenvalue weighted by Crippen LogP contribution is 2.20. The van der Waals surface area contributed by atoms with Crippen molar-refractivity contribution in [1.82, 2.24) is 5.43 Å². The van der Waals surface area contributed by atoms with Crippen molar-refractivity contribution in [3.8, 4) is 5.75 Å². The summed E-state index contributed by atoms with van der Waals surface area (Å²) in [6, 6.07) is 4.09. The van der Waals surface area contributed by atoms with Crippen molar-refractivity contribution >= 4 is 5.91 Å². The highest BCUT2D eigenvalue weighted by Gasteiger charge is 2.20. The van der Waals surface area contributed by atoms with E-state index in [1.807, 2.05) is 5.43 Å². The van der Waals surface area contributed by atoms with Gasteiger partial charge in [-0.2, -0.15) is 0 Å². The van der Waals surface area contributed by atoms with Crippen LogP contribution in [0, 0.1) is 12.7 Å². The number of carbonyl (C=O) groups is 1. The molecule has 0 aliphatic heterocycles. The molecule has 0 aliphatic carbocycles. The molecule has 0 heterocycles. The summed E-state index contributed by atoms with van der Waals surface area (Å²) in [5.41, 5.74) is 2.69. The maximum Gasteiger partial charge on any atom is 0.277 e. The first-order valence-electron chi connectivity index (χ1n) is 5.00. The molecule has 0 aromatic heterocycles. The number of hydrazine groups is 1. The zero-order valence-corrected chi connectivity index (χ0v) is 9.70. The highest BCUT2D eigenvalue weighted by molar-refractivity contribution is 5.80. The summed E-state index contributed by atoms with van der Waals surface area (Å²) in [4.78, 5) is 11.4. The summed E-state index contributed by atoms with van der Waals surface area (Å²) < 4.78 is 23.2. The summed E-state index contributed by atoms with van der Waals surface area (Å²) in [6.07, 6.45) is -0.912. The molecule has 1 rings (SSSR count). The van der Waals surface area contributed by atoms with Crippen LogP contribution in [-0.4, -0.2) is 25.7 Å². The molecule has 1 atom stereocenters. The average molecular weight is 242 g/mol. The van der Waals surface area contributed by atoms with Crippen LogP contribution in [0.15, 0.2) is 18.2 Å². The zero-order chi connectivity index (χ0) is 12.8. The fourth-order valence-corrected chi connectivity index (χ4v) is 1.26. The quantitative estimate of drug-likeness (QED) is 0.448. The van der Waals surface area contributed by atoms with E-state index in [-0.39, 0.29) is 12.4 Å². The lowest BCUT2D eigenvalue weighted by Gasteiger charge is -2.18. The fraction of sp³-hybridized carbons (Fsp3) is 0.364. The van der Waals surface area contributed by atoms with E-state index in [2.05, 4.69) is 0 Å². The predicted molar refractivity (Wildman–Crippen MR) is 59.8 cm³/mol. The topological polar surface area (TPSA) is 73.6 Å². The molecular weight excluding hydrogens is 227 g/mol. The molecule has 1 amide bonds. The third kappa shape index (κ3) is 3.69. The van der Waals surface area contributed by atoms with Gasteiger partial charge in [0, 0.05) is 13.2 Å². The van der Waals surface area contributed by atoms with E-state index in [0.717, 1.165) is 5.56 Å². The molecule has 0 aliphatic rings. The second kappa shape index (κ2) is 6.17. The van der Waals surface area contributed by atoms with Crippen LogP contribution in [0.4, 0.5) is 4.39 Å². The summed E-state index contributed by atoms with van der Waals surface area (Å²) in [7, 11) is 1.43. The molecule has 0 saturated carbocycles. The van der Waals surface area contributed by atoms with Gasteiger partial charge in [-0.15, -0.1) is 0 Å². The van der Waals surface area contributed by atoms with Crippen LogP contribution in [0.5, 0.6) is 5.75 Å². The smallest absolute Gasteiger partial charge is 0.277 e. The van der Waals surface area contributed by atoms with Gasteiger partial charge in [-0.05, 0) is 18.6 Å². The van der Waals surface area contributed by atoms with Crippen LogP contribution in [0.2, 0.25) is 0 Å². The number of nitrogens with one attached hydrogen (secondary N) is 1. The maximum absolute atomic E-state index is 13.0. The molecule has 1 aromatic rings. The summed E-state index contributed by atoms with van der Waals surface area (Å²) in [6.45, 7) is 1.78. The van der Waals surface area contributed by atoms with Crippen LogP contribution in [-0.2, 0) is 9.53 Å². The second-order valence-corrected chi connectivity index (χ2v) is 3.48. The van der Waals surface area contributed by atoms with E-state index in [9.17, 15) is 9.18 Å². The second-order valence-electron chi connectivity index (χ2n) is 3.48. The maximum atomic E-state index is 13.0. The lowest BCUT2D eigenvalue weighted by atomic mass is 10.2. The number of hydrogen-bond donors (Lipinski definition) is 2. The summed E-state index contributed by atoms with van der Waals surface area (Å²) in [5, 5.41) is 0. The van der Waals surface area contributed by atoms with E-state index < -0.39 is 17.8 Å². The number of hydrogen-bond acceptors (Lipinski definition) is 4. The first kappa shape index (κ1) is 13.4. The van der Waals surface area contributed by atoms with Gasteiger partial charge in [-0.3, -0.25) is 10.2 Å². The van der Waals surface area contributed by atoms with Gasteiger partial charge in [-0.1, -0.05) is 6.07 Å². The summed E-state index contributed by atoms with van der Waals surface area (Å²) >= 11 is 0. The first-order chi connectivity index (χ1) is 8.08. The standard InChI is InChI=1S/C11H15FN2O3/c1-7-3-4-8(12)5-9(7)17-10(6-16-2)11(15)14-13/h3-5,10H,6,13H2,1-2H3,(H,14,15). The molecular formula is C11H15FN2O3. The number of rotatable bonds is 5. The summed E-state index contributed by atoms with van der Waals surface area (Å²) in [5.74, 6) is 4.34. The van der Waals surface area contributed by atoms with E-state index in [4.69, 9.17) is 15.3 Å².